The van der Waals surface area contributed by atoms with Crippen molar-refractivity contribution < 1.29 is 4.79 Å². The third kappa shape index (κ3) is 4.29. The molecule has 0 atom stereocenters. The standard InChI is InChI=1S/C23H30N4O/c1-19-7-6-8-21(15-19)25-11-13-26(14-12-25)22-16-20(17-24-18-22)23(28)27-9-4-2-3-5-10-27/h6-8,15-18H,2-5,9-14H2,1H3. The van der Waals surface area contributed by atoms with Gasteiger partial charge in [0.2, 0.25) is 0 Å². The number of likely N-dealkylation sites (tertiary alicyclic amines) is 1. The highest BCUT2D eigenvalue weighted by Gasteiger charge is 2.21. The van der Waals surface area contributed by atoms with Crippen molar-refractivity contribution >= 4 is 17.3 Å². The molecule has 4 rings (SSSR count). The topological polar surface area (TPSA) is 39.7 Å². The summed E-state index contributed by atoms with van der Waals surface area (Å²) in [5.74, 6) is 0.134. The summed E-state index contributed by atoms with van der Waals surface area (Å²) >= 11 is 0. The molecular formula is C23H30N4O. The molecule has 1 aromatic carbocycles. The zero-order valence-electron chi connectivity index (χ0n) is 16.8. The van der Waals surface area contributed by atoms with Gasteiger partial charge in [0, 0.05) is 51.2 Å². The van der Waals surface area contributed by atoms with E-state index in [4.69, 9.17) is 0 Å². The summed E-state index contributed by atoms with van der Waals surface area (Å²) in [6, 6.07) is 10.7. The number of amides is 1. The lowest BCUT2D eigenvalue weighted by Crippen LogP contribution is -2.46. The van der Waals surface area contributed by atoms with Crippen molar-refractivity contribution in [3.05, 3.63) is 53.9 Å². The lowest BCUT2D eigenvalue weighted by Gasteiger charge is -2.37. The summed E-state index contributed by atoms with van der Waals surface area (Å²) < 4.78 is 0. The lowest BCUT2D eigenvalue weighted by atomic mass is 10.1. The van der Waals surface area contributed by atoms with Crippen LogP contribution in [0, 0.1) is 6.92 Å². The van der Waals surface area contributed by atoms with Crippen LogP contribution >= 0.6 is 0 Å². The molecule has 2 aromatic rings. The van der Waals surface area contributed by atoms with Gasteiger partial charge in [-0.3, -0.25) is 9.78 Å². The lowest BCUT2D eigenvalue weighted by molar-refractivity contribution is 0.0761. The number of aromatic nitrogens is 1. The second-order valence-corrected chi connectivity index (χ2v) is 7.95. The first-order valence-electron chi connectivity index (χ1n) is 10.5. The normalized spacial score (nSPS) is 18.1. The number of aryl methyl sites for hydroxylation is 1. The van der Waals surface area contributed by atoms with E-state index in [1.807, 2.05) is 17.2 Å². The van der Waals surface area contributed by atoms with Crippen LogP contribution in [0.25, 0.3) is 0 Å². The van der Waals surface area contributed by atoms with E-state index in [2.05, 4.69) is 46.0 Å². The Morgan fingerprint density at radius 1 is 0.821 bits per heavy atom. The molecule has 2 saturated heterocycles. The first-order chi connectivity index (χ1) is 13.7. The van der Waals surface area contributed by atoms with Gasteiger partial charge in [0.25, 0.3) is 5.91 Å². The molecule has 0 bridgehead atoms. The van der Waals surface area contributed by atoms with Gasteiger partial charge in [-0.15, -0.1) is 0 Å². The van der Waals surface area contributed by atoms with E-state index in [0.717, 1.165) is 63.4 Å². The van der Waals surface area contributed by atoms with E-state index in [1.54, 1.807) is 6.20 Å². The van der Waals surface area contributed by atoms with Gasteiger partial charge >= 0.3 is 0 Å². The highest BCUT2D eigenvalue weighted by Crippen LogP contribution is 2.22. The van der Waals surface area contributed by atoms with Crippen LogP contribution in [0.3, 0.4) is 0 Å². The molecule has 0 unspecified atom stereocenters. The molecule has 148 valence electrons. The third-order valence-electron chi connectivity index (χ3n) is 5.88. The van der Waals surface area contributed by atoms with E-state index >= 15 is 0 Å². The summed E-state index contributed by atoms with van der Waals surface area (Å²) in [7, 11) is 0. The van der Waals surface area contributed by atoms with Crippen molar-refractivity contribution in [2.45, 2.75) is 32.6 Å². The number of anilines is 2. The Bertz CT molecular complexity index is 806. The van der Waals surface area contributed by atoms with Crippen molar-refractivity contribution in [1.29, 1.82) is 0 Å². The van der Waals surface area contributed by atoms with Crippen LogP contribution in [-0.4, -0.2) is 55.1 Å². The number of rotatable bonds is 3. The maximum absolute atomic E-state index is 12.9. The Kier molecular flexibility index (Phi) is 5.79. The third-order valence-corrected chi connectivity index (χ3v) is 5.88. The summed E-state index contributed by atoms with van der Waals surface area (Å²) in [6.07, 6.45) is 8.29. The molecule has 2 fully saturated rings. The van der Waals surface area contributed by atoms with Gasteiger partial charge < -0.3 is 14.7 Å². The zero-order chi connectivity index (χ0) is 19.3. The Balaban J connectivity index is 1.41. The molecule has 2 aliphatic rings. The van der Waals surface area contributed by atoms with Gasteiger partial charge in [-0.2, -0.15) is 0 Å². The van der Waals surface area contributed by atoms with Crippen LogP contribution in [0.4, 0.5) is 11.4 Å². The van der Waals surface area contributed by atoms with Crippen molar-refractivity contribution in [3.63, 3.8) is 0 Å². The average Bonchev–Trinajstić information content (AvgIpc) is 3.03. The Labute approximate surface area is 168 Å². The maximum Gasteiger partial charge on any atom is 0.255 e. The molecule has 0 spiro atoms. The molecule has 28 heavy (non-hydrogen) atoms. The number of carbonyl (C=O) groups is 1. The smallest absolute Gasteiger partial charge is 0.255 e. The first-order valence-corrected chi connectivity index (χ1v) is 10.5. The van der Waals surface area contributed by atoms with Gasteiger partial charge in [0.1, 0.15) is 0 Å². The largest absolute Gasteiger partial charge is 0.368 e. The molecule has 1 aromatic heterocycles. The van der Waals surface area contributed by atoms with Crippen LogP contribution in [0.1, 0.15) is 41.6 Å². The molecule has 3 heterocycles. The summed E-state index contributed by atoms with van der Waals surface area (Å²) in [6.45, 7) is 7.73. The number of hydrogen-bond donors (Lipinski definition) is 0. The molecule has 0 saturated carbocycles. The fourth-order valence-corrected chi connectivity index (χ4v) is 4.22. The molecule has 0 N–H and O–H groups in total. The minimum absolute atomic E-state index is 0.134. The molecule has 5 nitrogen and oxygen atoms in total. The average molecular weight is 379 g/mol. The Morgan fingerprint density at radius 2 is 1.50 bits per heavy atom. The SMILES string of the molecule is Cc1cccc(N2CCN(c3cncc(C(=O)N4CCCCCC4)c3)CC2)c1. The molecule has 0 radical (unpaired) electrons. The van der Waals surface area contributed by atoms with Crippen molar-refractivity contribution in [2.75, 3.05) is 49.1 Å². The van der Waals surface area contributed by atoms with Crippen molar-refractivity contribution in [1.82, 2.24) is 9.88 Å². The maximum atomic E-state index is 12.9. The van der Waals surface area contributed by atoms with Gasteiger partial charge in [0.15, 0.2) is 0 Å². The Hall–Kier alpha value is -2.56. The second kappa shape index (κ2) is 8.63. The van der Waals surface area contributed by atoms with Crippen molar-refractivity contribution in [2.24, 2.45) is 0 Å². The van der Waals surface area contributed by atoms with Gasteiger partial charge in [-0.25, -0.2) is 0 Å². The van der Waals surface area contributed by atoms with Gasteiger partial charge in [-0.1, -0.05) is 25.0 Å². The molecule has 2 aliphatic heterocycles. The highest BCUT2D eigenvalue weighted by molar-refractivity contribution is 5.94. The van der Waals surface area contributed by atoms with Gasteiger partial charge in [-0.05, 0) is 43.5 Å². The van der Waals surface area contributed by atoms with Crippen LogP contribution < -0.4 is 9.80 Å². The first kappa shape index (κ1) is 18.8. The number of carbonyl (C=O) groups excluding carboxylic acids is 1. The molecule has 5 heteroatoms. The number of pyridine rings is 1. The Morgan fingerprint density at radius 3 is 2.18 bits per heavy atom. The number of benzene rings is 1. The van der Waals surface area contributed by atoms with E-state index in [1.165, 1.54) is 24.1 Å². The minimum Gasteiger partial charge on any atom is -0.368 e. The van der Waals surface area contributed by atoms with Gasteiger partial charge in [0.05, 0.1) is 17.4 Å². The summed E-state index contributed by atoms with van der Waals surface area (Å²) in [5, 5.41) is 0. The summed E-state index contributed by atoms with van der Waals surface area (Å²) in [5.41, 5.74) is 4.37. The number of hydrogen-bond acceptors (Lipinski definition) is 4. The highest BCUT2D eigenvalue weighted by atomic mass is 16.2. The van der Waals surface area contributed by atoms with E-state index in [-0.39, 0.29) is 5.91 Å². The molecule has 0 aliphatic carbocycles. The quantitative estimate of drug-likeness (QED) is 0.816. The molecular weight excluding hydrogens is 348 g/mol. The van der Waals surface area contributed by atoms with E-state index < -0.39 is 0 Å². The second-order valence-electron chi connectivity index (χ2n) is 7.95. The van der Waals surface area contributed by atoms with Crippen LogP contribution in [0.2, 0.25) is 0 Å². The fraction of sp³-hybridized carbons (Fsp3) is 0.478. The van der Waals surface area contributed by atoms with Crippen LogP contribution in [0.5, 0.6) is 0 Å². The zero-order valence-corrected chi connectivity index (χ0v) is 16.8. The molecule has 1 amide bonds. The number of nitrogens with zero attached hydrogens (tertiary/aromatic N) is 4. The fourth-order valence-electron chi connectivity index (χ4n) is 4.22. The van der Waals surface area contributed by atoms with Crippen molar-refractivity contribution in [3.8, 4) is 0 Å². The number of piperazine rings is 1. The van der Waals surface area contributed by atoms with E-state index in [0.29, 0.717) is 0 Å². The predicted molar refractivity (Wildman–Crippen MR) is 114 cm³/mol. The predicted octanol–water partition coefficient (Wildman–Crippen LogP) is 3.73. The summed E-state index contributed by atoms with van der Waals surface area (Å²) in [4.78, 5) is 24.1. The van der Waals surface area contributed by atoms with Crippen LogP contribution in [-0.2, 0) is 0 Å². The minimum atomic E-state index is 0.134. The van der Waals surface area contributed by atoms with Crippen LogP contribution in [0.15, 0.2) is 42.7 Å². The van der Waals surface area contributed by atoms with E-state index in [9.17, 15) is 4.79 Å². The monoisotopic (exact) mass is 378 g/mol.